The summed E-state index contributed by atoms with van der Waals surface area (Å²) in [7, 11) is 0. The number of aryl methyl sites for hydroxylation is 1. The molecule has 0 saturated carbocycles. The predicted octanol–water partition coefficient (Wildman–Crippen LogP) is 4.72. The van der Waals surface area contributed by atoms with E-state index in [2.05, 4.69) is 0 Å². The molecule has 1 aliphatic rings. The molecular formula is C24H18N2O3S. The number of aliphatic hydroxyl groups is 1. The number of benzene rings is 2. The van der Waals surface area contributed by atoms with E-state index in [1.165, 1.54) is 16.2 Å². The molecule has 5 nitrogen and oxygen atoms in total. The minimum Gasteiger partial charge on any atom is -0.503 e. The second kappa shape index (κ2) is 8.36. The number of amides is 1. The maximum atomic E-state index is 13.1. The molecule has 2 heterocycles. The van der Waals surface area contributed by atoms with Crippen LogP contribution >= 0.6 is 11.3 Å². The molecule has 0 spiro atoms. The number of rotatable bonds is 6. The number of carbonyl (C=O) groups excluding carboxylic acids is 2. The number of thiophene rings is 1. The lowest BCUT2D eigenvalue weighted by molar-refractivity contribution is -0.118. The molecule has 1 N–H and O–H groups in total. The van der Waals surface area contributed by atoms with Crippen LogP contribution in [0.3, 0.4) is 0 Å². The number of ketones is 1. The first-order chi connectivity index (χ1) is 14.6. The molecule has 0 fully saturated rings. The number of hydrogen-bond acceptors (Lipinski definition) is 5. The van der Waals surface area contributed by atoms with E-state index in [1.807, 2.05) is 53.9 Å². The Kier molecular flexibility index (Phi) is 5.46. The van der Waals surface area contributed by atoms with Crippen molar-refractivity contribution in [3.05, 3.63) is 99.4 Å². The Balaban J connectivity index is 1.68. The summed E-state index contributed by atoms with van der Waals surface area (Å²) in [5.41, 5.74) is 2.14. The van der Waals surface area contributed by atoms with Crippen molar-refractivity contribution < 1.29 is 14.7 Å². The molecule has 1 unspecified atom stereocenters. The Bertz CT molecular complexity index is 1140. The second-order valence-electron chi connectivity index (χ2n) is 6.92. The normalized spacial score (nSPS) is 16.0. The summed E-state index contributed by atoms with van der Waals surface area (Å²) in [5, 5.41) is 21.6. The Labute approximate surface area is 178 Å². The van der Waals surface area contributed by atoms with E-state index in [0.717, 1.165) is 10.4 Å². The van der Waals surface area contributed by atoms with Gasteiger partial charge in [-0.25, -0.2) is 0 Å². The lowest BCUT2D eigenvalue weighted by Crippen LogP contribution is -2.30. The number of hydrogen-bond donors (Lipinski definition) is 1. The first kappa shape index (κ1) is 19.6. The first-order valence-corrected chi connectivity index (χ1v) is 10.4. The Morgan fingerprint density at radius 3 is 2.43 bits per heavy atom. The van der Waals surface area contributed by atoms with Gasteiger partial charge in [-0.05, 0) is 47.7 Å². The molecule has 2 aromatic carbocycles. The third kappa shape index (κ3) is 3.63. The summed E-state index contributed by atoms with van der Waals surface area (Å²) >= 11 is 1.42. The van der Waals surface area contributed by atoms with Crippen LogP contribution in [0.5, 0.6) is 0 Å². The SMILES string of the molecule is N#Cc1ccc(N2C(=O)C(O)=C(C(=O)CCc3ccccc3)C2c2cccs2)cc1. The smallest absolute Gasteiger partial charge is 0.294 e. The molecule has 1 aromatic heterocycles. The molecule has 0 aliphatic carbocycles. The topological polar surface area (TPSA) is 81.4 Å². The van der Waals surface area contributed by atoms with E-state index < -0.39 is 17.7 Å². The molecule has 148 valence electrons. The first-order valence-electron chi connectivity index (χ1n) is 9.47. The molecule has 4 rings (SSSR count). The average Bonchev–Trinajstić information content (AvgIpc) is 3.40. The van der Waals surface area contributed by atoms with Gasteiger partial charge in [0.1, 0.15) is 6.04 Å². The van der Waals surface area contributed by atoms with Crippen LogP contribution in [0.25, 0.3) is 0 Å². The molecule has 0 radical (unpaired) electrons. The van der Waals surface area contributed by atoms with Gasteiger partial charge in [0.2, 0.25) is 0 Å². The Morgan fingerprint density at radius 2 is 1.80 bits per heavy atom. The highest BCUT2D eigenvalue weighted by Gasteiger charge is 2.44. The zero-order valence-electron chi connectivity index (χ0n) is 16.0. The van der Waals surface area contributed by atoms with E-state index in [-0.39, 0.29) is 17.8 Å². The third-order valence-corrected chi connectivity index (χ3v) is 6.00. The lowest BCUT2D eigenvalue weighted by atomic mass is 9.97. The average molecular weight is 414 g/mol. The van der Waals surface area contributed by atoms with Gasteiger partial charge < -0.3 is 5.11 Å². The summed E-state index contributed by atoms with van der Waals surface area (Å²) in [4.78, 5) is 28.3. The van der Waals surface area contributed by atoms with E-state index in [9.17, 15) is 14.7 Å². The van der Waals surface area contributed by atoms with Crippen molar-refractivity contribution in [2.75, 3.05) is 4.90 Å². The maximum absolute atomic E-state index is 13.1. The summed E-state index contributed by atoms with van der Waals surface area (Å²) in [6.45, 7) is 0. The zero-order chi connectivity index (χ0) is 21.1. The summed E-state index contributed by atoms with van der Waals surface area (Å²) < 4.78 is 0. The fourth-order valence-electron chi connectivity index (χ4n) is 3.61. The van der Waals surface area contributed by atoms with Crippen LogP contribution < -0.4 is 4.90 Å². The van der Waals surface area contributed by atoms with Crippen LogP contribution in [0.4, 0.5) is 5.69 Å². The van der Waals surface area contributed by atoms with Crippen molar-refractivity contribution in [1.82, 2.24) is 0 Å². The molecule has 1 atom stereocenters. The van der Waals surface area contributed by atoms with Crippen molar-refractivity contribution in [3.8, 4) is 6.07 Å². The van der Waals surface area contributed by atoms with E-state index in [4.69, 9.17) is 5.26 Å². The van der Waals surface area contributed by atoms with Gasteiger partial charge in [-0.3, -0.25) is 14.5 Å². The lowest BCUT2D eigenvalue weighted by Gasteiger charge is -2.25. The standard InChI is InChI=1S/C24H18N2O3S/c25-15-17-8-11-18(12-9-17)26-22(20-7-4-14-30-20)21(23(28)24(26)29)19(27)13-10-16-5-2-1-3-6-16/h1-9,11-12,14,22,28H,10,13H2. The Hall–Kier alpha value is -3.69. The van der Waals surface area contributed by atoms with Gasteiger partial charge in [-0.2, -0.15) is 5.26 Å². The van der Waals surface area contributed by atoms with Crippen LogP contribution in [0.1, 0.15) is 28.5 Å². The van der Waals surface area contributed by atoms with Crippen molar-refractivity contribution in [2.24, 2.45) is 0 Å². The van der Waals surface area contributed by atoms with Gasteiger partial charge >= 0.3 is 0 Å². The highest BCUT2D eigenvalue weighted by Crippen LogP contribution is 2.42. The van der Waals surface area contributed by atoms with Gasteiger partial charge in [-0.15, -0.1) is 11.3 Å². The van der Waals surface area contributed by atoms with Gasteiger partial charge in [0.05, 0.1) is 17.2 Å². The van der Waals surface area contributed by atoms with Crippen LogP contribution in [-0.4, -0.2) is 16.8 Å². The highest BCUT2D eigenvalue weighted by molar-refractivity contribution is 7.10. The molecule has 0 saturated heterocycles. The van der Waals surface area contributed by atoms with Crippen molar-refractivity contribution in [3.63, 3.8) is 0 Å². The Morgan fingerprint density at radius 1 is 1.07 bits per heavy atom. The van der Waals surface area contributed by atoms with Crippen molar-refractivity contribution in [2.45, 2.75) is 18.9 Å². The minimum atomic E-state index is -0.686. The van der Waals surface area contributed by atoms with Crippen molar-refractivity contribution in [1.29, 1.82) is 5.26 Å². The number of nitriles is 1. The predicted molar refractivity (Wildman–Crippen MR) is 115 cm³/mol. The van der Waals surface area contributed by atoms with Gasteiger partial charge in [0.25, 0.3) is 5.91 Å². The van der Waals surface area contributed by atoms with Gasteiger partial charge in [0.15, 0.2) is 11.5 Å². The van der Waals surface area contributed by atoms with E-state index in [1.54, 1.807) is 24.3 Å². The van der Waals surface area contributed by atoms with Gasteiger partial charge in [-0.1, -0.05) is 36.4 Å². The monoisotopic (exact) mass is 414 g/mol. The number of carbonyl (C=O) groups is 2. The fraction of sp³-hybridized carbons (Fsp3) is 0.125. The number of aliphatic hydroxyl groups excluding tert-OH is 1. The number of anilines is 1. The molecule has 30 heavy (non-hydrogen) atoms. The molecular weight excluding hydrogens is 396 g/mol. The molecule has 1 aliphatic heterocycles. The molecule has 6 heteroatoms. The fourth-order valence-corrected chi connectivity index (χ4v) is 4.43. The maximum Gasteiger partial charge on any atom is 0.294 e. The number of nitrogens with zero attached hydrogens (tertiary/aromatic N) is 2. The summed E-state index contributed by atoms with van der Waals surface area (Å²) in [6, 6.07) is 21.2. The largest absolute Gasteiger partial charge is 0.503 e. The number of Topliss-reactive ketones (excluding diaryl/α,β-unsaturated/α-hetero) is 1. The zero-order valence-corrected chi connectivity index (χ0v) is 16.8. The van der Waals surface area contributed by atoms with Crippen LogP contribution in [0.2, 0.25) is 0 Å². The van der Waals surface area contributed by atoms with Crippen LogP contribution in [0, 0.1) is 11.3 Å². The summed E-state index contributed by atoms with van der Waals surface area (Å²) in [6.07, 6.45) is 0.721. The molecule has 0 bridgehead atoms. The third-order valence-electron chi connectivity index (χ3n) is 5.08. The quantitative estimate of drug-likeness (QED) is 0.633. The molecule has 1 amide bonds. The molecule has 3 aromatic rings. The minimum absolute atomic E-state index is 0.128. The van der Waals surface area contributed by atoms with Crippen LogP contribution in [-0.2, 0) is 16.0 Å². The van der Waals surface area contributed by atoms with E-state index in [0.29, 0.717) is 17.7 Å². The van der Waals surface area contributed by atoms with Crippen LogP contribution in [0.15, 0.2) is 83.4 Å². The second-order valence-corrected chi connectivity index (χ2v) is 7.90. The highest BCUT2D eigenvalue weighted by atomic mass is 32.1. The van der Waals surface area contributed by atoms with Crippen molar-refractivity contribution >= 4 is 28.7 Å². The van der Waals surface area contributed by atoms with Gasteiger partial charge in [0, 0.05) is 17.0 Å². The van der Waals surface area contributed by atoms with E-state index >= 15 is 0 Å². The summed E-state index contributed by atoms with van der Waals surface area (Å²) in [5.74, 6) is -1.36.